The third-order valence-corrected chi connectivity index (χ3v) is 13.3. The zero-order valence-corrected chi connectivity index (χ0v) is 29.0. The minimum absolute atomic E-state index is 0.00714. The van der Waals surface area contributed by atoms with E-state index in [1.807, 2.05) is 36.4 Å². The van der Waals surface area contributed by atoms with Gasteiger partial charge in [-0.25, -0.2) is 9.59 Å². The van der Waals surface area contributed by atoms with Gasteiger partial charge in [0.2, 0.25) is 0 Å². The maximum Gasteiger partial charge on any atom is 0.338 e. The van der Waals surface area contributed by atoms with Crippen molar-refractivity contribution in [2.75, 3.05) is 0 Å². The molecule has 2 aromatic carbocycles. The van der Waals surface area contributed by atoms with Crippen LogP contribution < -0.4 is 0 Å². The first-order valence-electron chi connectivity index (χ1n) is 17.7. The standard InChI is InChI=1S/2C20H22O5/c1-12(21)24-17-14(22)11-15-19(2)16(9-6-10-20(15,17)19)25-18(23)13-7-4-3-5-8-13;1-12(21)24-16-14(22)11-20-10-6-9-15(19(20,2)17(16)20)25-18(23)13-7-4-3-5-8-13/h2*3-5,7-8,15-17H,6,9-11H2,1-2H3/t15-,16-,17+,19+,20?;15-,16-,17-,19-,20?/m00/s1. The Labute approximate surface area is 291 Å². The summed E-state index contributed by atoms with van der Waals surface area (Å²) in [5.41, 5.74) is -0.0408. The van der Waals surface area contributed by atoms with Gasteiger partial charge < -0.3 is 18.9 Å². The molecule has 0 aliphatic heterocycles. The summed E-state index contributed by atoms with van der Waals surface area (Å²) in [7, 11) is 0. The molecule has 0 amide bonds. The molecular weight excluding hydrogens is 640 g/mol. The Morgan fingerprint density at radius 2 is 1.18 bits per heavy atom. The zero-order chi connectivity index (χ0) is 35.6. The summed E-state index contributed by atoms with van der Waals surface area (Å²) in [6.45, 7) is 6.84. The molecule has 264 valence electrons. The van der Waals surface area contributed by atoms with Crippen LogP contribution >= 0.6 is 0 Å². The fraction of sp³-hybridized carbons (Fsp3) is 0.550. The predicted molar refractivity (Wildman–Crippen MR) is 177 cm³/mol. The van der Waals surface area contributed by atoms with Crippen LogP contribution in [0.3, 0.4) is 0 Å². The van der Waals surface area contributed by atoms with Crippen LogP contribution in [0.4, 0.5) is 0 Å². The van der Waals surface area contributed by atoms with E-state index in [-0.39, 0.29) is 69.2 Å². The van der Waals surface area contributed by atoms with Gasteiger partial charge in [-0.05, 0) is 74.1 Å². The Bertz CT molecular complexity index is 1680. The van der Waals surface area contributed by atoms with Gasteiger partial charge in [0.15, 0.2) is 23.8 Å². The summed E-state index contributed by atoms with van der Waals surface area (Å²) in [6, 6.07) is 17.9. The molecule has 6 aliphatic rings. The van der Waals surface area contributed by atoms with Gasteiger partial charge in [-0.15, -0.1) is 0 Å². The van der Waals surface area contributed by atoms with E-state index in [0.717, 1.165) is 38.5 Å². The van der Waals surface area contributed by atoms with Crippen LogP contribution in [0.1, 0.15) is 99.8 Å². The van der Waals surface area contributed by atoms with Crippen molar-refractivity contribution in [3.8, 4) is 0 Å². The first kappa shape index (κ1) is 34.1. The predicted octanol–water partition coefficient (Wildman–Crippen LogP) is 5.85. The number of esters is 4. The van der Waals surface area contributed by atoms with Crippen molar-refractivity contribution >= 4 is 35.4 Å². The molecule has 2 aromatic rings. The summed E-state index contributed by atoms with van der Waals surface area (Å²) < 4.78 is 22.5. The molecule has 0 aromatic heterocycles. The lowest BCUT2D eigenvalue weighted by atomic mass is 9.74. The first-order valence-corrected chi connectivity index (χ1v) is 17.7. The SMILES string of the molecule is CC(=O)O[C@@H]1C(=O)C[C@@H]2C13CCC[C@H](OC(=O)c1ccccc1)[C@@]23C.CC(=O)O[C@H]1C(=O)CC23CCC[C@H](OC(=O)c4ccccc4)[C@@]2(C)[C@H]13. The van der Waals surface area contributed by atoms with Crippen LogP contribution in [-0.2, 0) is 38.1 Å². The number of rotatable bonds is 6. The lowest BCUT2D eigenvalue weighted by molar-refractivity contribution is -0.159. The fourth-order valence-corrected chi connectivity index (χ4v) is 11.1. The van der Waals surface area contributed by atoms with Crippen LogP contribution in [0.15, 0.2) is 60.7 Å². The number of benzene rings is 2. The second kappa shape index (κ2) is 12.2. The normalized spacial score (nSPS) is 38.5. The first-order chi connectivity index (χ1) is 23.8. The van der Waals surface area contributed by atoms with Crippen molar-refractivity contribution in [2.24, 2.45) is 33.5 Å². The minimum atomic E-state index is -0.682. The Kier molecular flexibility index (Phi) is 8.30. The molecule has 0 saturated heterocycles. The fourth-order valence-electron chi connectivity index (χ4n) is 11.1. The average Bonchev–Trinajstić information content (AvgIpc) is 3.71. The molecular formula is C40H44O10. The second-order valence-electron chi connectivity index (χ2n) is 15.4. The number of carbonyl (C=O) groups excluding carboxylic acids is 6. The second-order valence-corrected chi connectivity index (χ2v) is 15.4. The summed E-state index contributed by atoms with van der Waals surface area (Å²) >= 11 is 0. The van der Waals surface area contributed by atoms with Gasteiger partial charge in [0, 0.05) is 48.9 Å². The minimum Gasteiger partial charge on any atom is -0.458 e. The van der Waals surface area contributed by atoms with E-state index >= 15 is 0 Å². The summed E-state index contributed by atoms with van der Waals surface area (Å²) in [5, 5.41) is 0. The quantitative estimate of drug-likeness (QED) is 0.269. The van der Waals surface area contributed by atoms with Crippen LogP contribution in [0.25, 0.3) is 0 Å². The van der Waals surface area contributed by atoms with Crippen LogP contribution in [0, 0.1) is 33.5 Å². The molecule has 2 unspecified atom stereocenters. The number of ketones is 2. The Morgan fingerprint density at radius 1 is 0.660 bits per heavy atom. The smallest absolute Gasteiger partial charge is 0.338 e. The third kappa shape index (κ3) is 4.95. The monoisotopic (exact) mass is 684 g/mol. The van der Waals surface area contributed by atoms with Crippen LogP contribution in [-0.4, -0.2) is 59.9 Å². The van der Waals surface area contributed by atoms with E-state index in [4.69, 9.17) is 18.9 Å². The number of Topliss-reactive ketones (excluding diaryl/α,β-unsaturated/α-hetero) is 2. The van der Waals surface area contributed by atoms with Gasteiger partial charge in [-0.1, -0.05) is 50.2 Å². The molecule has 6 fully saturated rings. The highest BCUT2D eigenvalue weighted by Gasteiger charge is 2.86. The van der Waals surface area contributed by atoms with Gasteiger partial charge >= 0.3 is 23.9 Å². The van der Waals surface area contributed by atoms with Gasteiger partial charge in [-0.3, -0.25) is 19.2 Å². The van der Waals surface area contributed by atoms with E-state index in [1.54, 1.807) is 24.3 Å². The maximum absolute atomic E-state index is 12.5. The van der Waals surface area contributed by atoms with Crippen LogP contribution in [0.2, 0.25) is 0 Å². The number of carbonyl (C=O) groups is 6. The van der Waals surface area contributed by atoms with Gasteiger partial charge in [-0.2, -0.15) is 0 Å². The average molecular weight is 685 g/mol. The molecule has 0 radical (unpaired) electrons. The Morgan fingerprint density at radius 3 is 1.72 bits per heavy atom. The summed E-state index contributed by atoms with van der Waals surface area (Å²) in [6.07, 6.45) is 4.10. The number of fused-ring (bicyclic) bond motifs is 2. The highest BCUT2D eigenvalue weighted by Crippen LogP contribution is 2.83. The summed E-state index contributed by atoms with van der Waals surface area (Å²) in [5.74, 6) is -1.40. The van der Waals surface area contributed by atoms with E-state index < -0.39 is 24.1 Å². The van der Waals surface area contributed by atoms with E-state index in [2.05, 4.69) is 13.8 Å². The van der Waals surface area contributed by atoms with E-state index in [0.29, 0.717) is 24.0 Å². The molecule has 6 saturated carbocycles. The van der Waals surface area contributed by atoms with Gasteiger partial charge in [0.25, 0.3) is 0 Å². The third-order valence-electron chi connectivity index (χ3n) is 13.3. The molecule has 6 aliphatic carbocycles. The molecule has 10 atom stereocenters. The molecule has 8 rings (SSSR count). The van der Waals surface area contributed by atoms with Crippen molar-refractivity contribution < 1.29 is 47.7 Å². The van der Waals surface area contributed by atoms with Crippen molar-refractivity contribution in [1.82, 2.24) is 0 Å². The topological polar surface area (TPSA) is 139 Å². The highest BCUT2D eigenvalue weighted by molar-refractivity contribution is 5.93. The lowest BCUT2D eigenvalue weighted by Gasteiger charge is -2.37. The van der Waals surface area contributed by atoms with E-state index in [9.17, 15) is 28.8 Å². The molecule has 50 heavy (non-hydrogen) atoms. The highest BCUT2D eigenvalue weighted by atomic mass is 16.6. The zero-order valence-electron chi connectivity index (χ0n) is 29.0. The van der Waals surface area contributed by atoms with Crippen molar-refractivity contribution in [3.05, 3.63) is 71.8 Å². The molecule has 0 bridgehead atoms. The molecule has 10 heteroatoms. The van der Waals surface area contributed by atoms with E-state index in [1.165, 1.54) is 13.8 Å². The Hall–Kier alpha value is -4.34. The van der Waals surface area contributed by atoms with Crippen molar-refractivity contribution in [2.45, 2.75) is 103 Å². The van der Waals surface area contributed by atoms with Crippen molar-refractivity contribution in [3.63, 3.8) is 0 Å². The van der Waals surface area contributed by atoms with Gasteiger partial charge in [0.05, 0.1) is 11.1 Å². The molecule has 0 N–H and O–H groups in total. The van der Waals surface area contributed by atoms with Gasteiger partial charge in [0.1, 0.15) is 12.2 Å². The molecule has 0 heterocycles. The Balaban J connectivity index is 0.000000157. The number of ether oxygens (including phenoxy) is 4. The number of hydrogen-bond acceptors (Lipinski definition) is 10. The largest absolute Gasteiger partial charge is 0.458 e. The number of hydrogen-bond donors (Lipinski definition) is 0. The maximum atomic E-state index is 12.5. The molecule has 2 spiro atoms. The molecule has 10 nitrogen and oxygen atoms in total. The van der Waals surface area contributed by atoms with Crippen LogP contribution in [0.5, 0.6) is 0 Å². The summed E-state index contributed by atoms with van der Waals surface area (Å²) in [4.78, 5) is 72.5. The lowest BCUT2D eigenvalue weighted by Crippen LogP contribution is -2.44. The van der Waals surface area contributed by atoms with Crippen molar-refractivity contribution in [1.29, 1.82) is 0 Å².